The summed E-state index contributed by atoms with van der Waals surface area (Å²) in [6, 6.07) is 4.21. The summed E-state index contributed by atoms with van der Waals surface area (Å²) in [5.74, 6) is 0.767. The second kappa shape index (κ2) is 4.60. The largest absolute Gasteiger partial charge is 0.378 e. The first-order valence-corrected chi connectivity index (χ1v) is 5.55. The molecule has 3 heterocycles. The SMILES string of the molecule is c1ncn(-c2ccc(C3COCCN3)cn2)n1. The highest BCUT2D eigenvalue weighted by Crippen LogP contribution is 2.15. The van der Waals surface area contributed by atoms with E-state index in [1.165, 1.54) is 6.33 Å². The molecule has 0 bridgehead atoms. The Bertz CT molecular complexity index is 461. The Balaban J connectivity index is 1.80. The number of hydrogen-bond acceptors (Lipinski definition) is 5. The first-order valence-electron chi connectivity index (χ1n) is 5.55. The van der Waals surface area contributed by atoms with Crippen LogP contribution in [0.15, 0.2) is 31.0 Å². The molecule has 0 aromatic carbocycles. The molecule has 6 nitrogen and oxygen atoms in total. The average molecular weight is 231 g/mol. The molecular formula is C11H13N5O. The van der Waals surface area contributed by atoms with Crippen molar-refractivity contribution in [2.24, 2.45) is 0 Å². The van der Waals surface area contributed by atoms with Gasteiger partial charge in [0, 0.05) is 12.7 Å². The molecular weight excluding hydrogens is 218 g/mol. The minimum Gasteiger partial charge on any atom is -0.378 e. The Morgan fingerprint density at radius 3 is 3.06 bits per heavy atom. The van der Waals surface area contributed by atoms with Gasteiger partial charge >= 0.3 is 0 Å². The van der Waals surface area contributed by atoms with Crippen molar-refractivity contribution in [1.82, 2.24) is 25.1 Å². The van der Waals surface area contributed by atoms with Crippen LogP contribution in [0.25, 0.3) is 5.82 Å². The van der Waals surface area contributed by atoms with Gasteiger partial charge in [-0.05, 0) is 11.6 Å². The monoisotopic (exact) mass is 231 g/mol. The molecule has 1 saturated heterocycles. The van der Waals surface area contributed by atoms with Crippen LogP contribution in [0.3, 0.4) is 0 Å². The predicted molar refractivity (Wildman–Crippen MR) is 60.7 cm³/mol. The van der Waals surface area contributed by atoms with Crippen LogP contribution in [-0.2, 0) is 4.74 Å². The van der Waals surface area contributed by atoms with E-state index in [2.05, 4.69) is 20.4 Å². The van der Waals surface area contributed by atoms with E-state index in [4.69, 9.17) is 4.74 Å². The number of aromatic nitrogens is 4. The van der Waals surface area contributed by atoms with Crippen LogP contribution in [0.2, 0.25) is 0 Å². The summed E-state index contributed by atoms with van der Waals surface area (Å²) < 4.78 is 7.05. The molecule has 0 saturated carbocycles. The van der Waals surface area contributed by atoms with Gasteiger partial charge in [-0.3, -0.25) is 0 Å². The van der Waals surface area contributed by atoms with Gasteiger partial charge in [0.2, 0.25) is 0 Å². The minimum absolute atomic E-state index is 0.237. The van der Waals surface area contributed by atoms with Crippen molar-refractivity contribution in [2.45, 2.75) is 6.04 Å². The van der Waals surface area contributed by atoms with Crippen LogP contribution in [-0.4, -0.2) is 39.5 Å². The fourth-order valence-electron chi connectivity index (χ4n) is 1.85. The third-order valence-electron chi connectivity index (χ3n) is 2.75. The zero-order valence-electron chi connectivity index (χ0n) is 9.28. The van der Waals surface area contributed by atoms with Gasteiger partial charge < -0.3 is 10.1 Å². The van der Waals surface area contributed by atoms with Gasteiger partial charge in [0.1, 0.15) is 12.7 Å². The lowest BCUT2D eigenvalue weighted by molar-refractivity contribution is 0.0768. The second-order valence-corrected chi connectivity index (χ2v) is 3.87. The van der Waals surface area contributed by atoms with E-state index in [1.807, 2.05) is 18.3 Å². The summed E-state index contributed by atoms with van der Waals surface area (Å²) >= 11 is 0. The van der Waals surface area contributed by atoms with Crippen molar-refractivity contribution in [2.75, 3.05) is 19.8 Å². The first-order chi connectivity index (χ1) is 8.43. The quantitative estimate of drug-likeness (QED) is 0.806. The lowest BCUT2D eigenvalue weighted by Crippen LogP contribution is -2.34. The summed E-state index contributed by atoms with van der Waals surface area (Å²) in [5, 5.41) is 7.42. The van der Waals surface area contributed by atoms with Crippen LogP contribution in [0.1, 0.15) is 11.6 Å². The standard InChI is InChI=1S/C11H13N5O/c1-2-11(16-8-12-7-15-16)14-5-9(1)10-6-17-4-3-13-10/h1-2,5,7-8,10,13H,3-4,6H2. The highest BCUT2D eigenvalue weighted by molar-refractivity contribution is 5.25. The van der Waals surface area contributed by atoms with E-state index in [1.54, 1.807) is 11.0 Å². The number of nitrogens with one attached hydrogen (secondary N) is 1. The topological polar surface area (TPSA) is 64.9 Å². The fraction of sp³-hybridized carbons (Fsp3) is 0.364. The van der Waals surface area contributed by atoms with Crippen molar-refractivity contribution in [3.05, 3.63) is 36.5 Å². The smallest absolute Gasteiger partial charge is 0.155 e. The lowest BCUT2D eigenvalue weighted by Gasteiger charge is -2.23. The van der Waals surface area contributed by atoms with E-state index in [-0.39, 0.29) is 6.04 Å². The van der Waals surface area contributed by atoms with E-state index in [9.17, 15) is 0 Å². The lowest BCUT2D eigenvalue weighted by atomic mass is 10.1. The Morgan fingerprint density at radius 2 is 2.41 bits per heavy atom. The second-order valence-electron chi connectivity index (χ2n) is 3.87. The number of morpholine rings is 1. The maximum absolute atomic E-state index is 5.42. The number of rotatable bonds is 2. The Labute approximate surface area is 98.7 Å². The number of nitrogens with zero attached hydrogens (tertiary/aromatic N) is 4. The van der Waals surface area contributed by atoms with Gasteiger partial charge in [0.15, 0.2) is 5.82 Å². The molecule has 0 radical (unpaired) electrons. The molecule has 1 aliphatic heterocycles. The van der Waals surface area contributed by atoms with Crippen molar-refractivity contribution in [3.8, 4) is 5.82 Å². The van der Waals surface area contributed by atoms with Crippen molar-refractivity contribution in [1.29, 1.82) is 0 Å². The Hall–Kier alpha value is -1.79. The van der Waals surface area contributed by atoms with Crippen LogP contribution in [0.5, 0.6) is 0 Å². The van der Waals surface area contributed by atoms with Crippen LogP contribution in [0.4, 0.5) is 0 Å². The van der Waals surface area contributed by atoms with Gasteiger partial charge in [-0.2, -0.15) is 5.10 Å². The zero-order chi connectivity index (χ0) is 11.5. The number of ether oxygens (including phenoxy) is 1. The summed E-state index contributed by atoms with van der Waals surface area (Å²) in [6.45, 7) is 2.36. The molecule has 0 spiro atoms. The molecule has 88 valence electrons. The van der Waals surface area contributed by atoms with Crippen molar-refractivity contribution < 1.29 is 4.74 Å². The van der Waals surface area contributed by atoms with Gasteiger partial charge in [0.25, 0.3) is 0 Å². The molecule has 17 heavy (non-hydrogen) atoms. The van der Waals surface area contributed by atoms with Crippen LogP contribution in [0, 0.1) is 0 Å². The minimum atomic E-state index is 0.237. The maximum Gasteiger partial charge on any atom is 0.155 e. The van der Waals surface area contributed by atoms with E-state index in [0.717, 1.165) is 24.5 Å². The van der Waals surface area contributed by atoms with Gasteiger partial charge in [0.05, 0.1) is 19.3 Å². The van der Waals surface area contributed by atoms with Gasteiger partial charge in [-0.25, -0.2) is 14.6 Å². The molecule has 1 N–H and O–H groups in total. The Kier molecular flexibility index (Phi) is 2.81. The molecule has 0 amide bonds. The van der Waals surface area contributed by atoms with Gasteiger partial charge in [-0.1, -0.05) is 6.07 Å². The average Bonchev–Trinajstić information content (AvgIpc) is 2.94. The molecule has 2 aromatic heterocycles. The van der Waals surface area contributed by atoms with Gasteiger partial charge in [-0.15, -0.1) is 0 Å². The normalized spacial score (nSPS) is 20.4. The zero-order valence-corrected chi connectivity index (χ0v) is 9.28. The molecule has 1 unspecified atom stereocenters. The third kappa shape index (κ3) is 2.17. The van der Waals surface area contributed by atoms with E-state index >= 15 is 0 Å². The van der Waals surface area contributed by atoms with Crippen LogP contribution >= 0.6 is 0 Å². The molecule has 2 aromatic rings. The molecule has 1 fully saturated rings. The predicted octanol–water partition coefficient (Wildman–Crippen LogP) is 0.323. The highest BCUT2D eigenvalue weighted by atomic mass is 16.5. The summed E-state index contributed by atoms with van der Waals surface area (Å²) in [6.07, 6.45) is 4.97. The molecule has 6 heteroatoms. The Morgan fingerprint density at radius 1 is 1.41 bits per heavy atom. The fourth-order valence-corrected chi connectivity index (χ4v) is 1.85. The number of hydrogen-bond donors (Lipinski definition) is 1. The molecule has 1 atom stereocenters. The third-order valence-corrected chi connectivity index (χ3v) is 2.75. The molecule has 1 aliphatic rings. The summed E-state index contributed by atoms with van der Waals surface area (Å²) in [7, 11) is 0. The van der Waals surface area contributed by atoms with Crippen LogP contribution < -0.4 is 5.32 Å². The maximum atomic E-state index is 5.42. The van der Waals surface area contributed by atoms with Crippen molar-refractivity contribution in [3.63, 3.8) is 0 Å². The van der Waals surface area contributed by atoms with E-state index < -0.39 is 0 Å². The molecule has 0 aliphatic carbocycles. The highest BCUT2D eigenvalue weighted by Gasteiger charge is 2.15. The van der Waals surface area contributed by atoms with E-state index in [0.29, 0.717) is 6.61 Å². The summed E-state index contributed by atoms with van der Waals surface area (Å²) in [4.78, 5) is 8.25. The molecule has 3 rings (SSSR count). The first kappa shape index (κ1) is 10.4. The van der Waals surface area contributed by atoms with Crippen molar-refractivity contribution >= 4 is 0 Å². The number of pyridine rings is 1. The summed E-state index contributed by atoms with van der Waals surface area (Å²) in [5.41, 5.74) is 1.13.